The highest BCUT2D eigenvalue weighted by Crippen LogP contribution is 2.21. The molecule has 0 aliphatic heterocycles. The molecule has 0 radical (unpaired) electrons. The number of benzene rings is 1. The molecule has 0 bridgehead atoms. The molecule has 1 unspecified atom stereocenters. The third-order valence-corrected chi connectivity index (χ3v) is 3.75. The zero-order valence-corrected chi connectivity index (χ0v) is 14.7. The molecule has 1 atom stereocenters. The van der Waals surface area contributed by atoms with Crippen molar-refractivity contribution < 1.29 is 9.59 Å². The predicted molar refractivity (Wildman–Crippen MR) is 94.1 cm³/mol. The average Bonchev–Trinajstić information content (AvgIpc) is 3.01. The second-order valence-electron chi connectivity index (χ2n) is 5.97. The van der Waals surface area contributed by atoms with Crippen LogP contribution in [0, 0.1) is 5.92 Å². The Bertz CT molecular complexity index is 713. The summed E-state index contributed by atoms with van der Waals surface area (Å²) in [5, 5.41) is 6.00. The summed E-state index contributed by atoms with van der Waals surface area (Å²) in [5.41, 5.74) is 0.876. The van der Waals surface area contributed by atoms with Crippen LogP contribution in [0.1, 0.15) is 31.1 Å². The van der Waals surface area contributed by atoms with Gasteiger partial charge in [-0.3, -0.25) is 9.59 Å². The molecule has 0 saturated carbocycles. The van der Waals surface area contributed by atoms with Crippen molar-refractivity contribution in [1.29, 1.82) is 0 Å². The SMILES string of the molecule is CC(Cn1ccnc1)NC(=O)c1cc(NC(=O)C(C)C)ccc1Cl. The molecular weight excluding hydrogens is 328 g/mol. The van der Waals surface area contributed by atoms with Crippen LogP contribution < -0.4 is 10.6 Å². The molecular formula is C17H21ClN4O2. The lowest BCUT2D eigenvalue weighted by Crippen LogP contribution is -2.35. The summed E-state index contributed by atoms with van der Waals surface area (Å²) in [5.74, 6) is -0.543. The quantitative estimate of drug-likeness (QED) is 0.842. The molecule has 2 N–H and O–H groups in total. The van der Waals surface area contributed by atoms with Gasteiger partial charge >= 0.3 is 0 Å². The number of aromatic nitrogens is 2. The van der Waals surface area contributed by atoms with Crippen molar-refractivity contribution in [2.24, 2.45) is 5.92 Å². The molecule has 2 aromatic rings. The van der Waals surface area contributed by atoms with Gasteiger partial charge in [-0.15, -0.1) is 0 Å². The number of rotatable bonds is 6. The van der Waals surface area contributed by atoms with Crippen LogP contribution in [-0.2, 0) is 11.3 Å². The highest BCUT2D eigenvalue weighted by molar-refractivity contribution is 6.34. The van der Waals surface area contributed by atoms with E-state index in [1.165, 1.54) is 0 Å². The number of anilines is 1. The molecule has 2 amide bonds. The van der Waals surface area contributed by atoms with E-state index >= 15 is 0 Å². The number of halogens is 1. The summed E-state index contributed by atoms with van der Waals surface area (Å²) >= 11 is 6.13. The van der Waals surface area contributed by atoms with Crippen LogP contribution in [0.3, 0.4) is 0 Å². The first-order valence-electron chi connectivity index (χ1n) is 7.74. The van der Waals surface area contributed by atoms with Gasteiger partial charge in [-0.1, -0.05) is 25.4 Å². The Kier molecular flexibility index (Phi) is 5.98. The molecule has 0 aliphatic carbocycles. The topological polar surface area (TPSA) is 76.0 Å². The van der Waals surface area contributed by atoms with E-state index in [2.05, 4.69) is 15.6 Å². The Balaban J connectivity index is 2.06. The molecule has 0 aliphatic rings. The van der Waals surface area contributed by atoms with E-state index in [9.17, 15) is 9.59 Å². The van der Waals surface area contributed by atoms with Crippen molar-refractivity contribution >= 4 is 29.1 Å². The van der Waals surface area contributed by atoms with E-state index in [-0.39, 0.29) is 23.8 Å². The van der Waals surface area contributed by atoms with E-state index < -0.39 is 0 Å². The van der Waals surface area contributed by atoms with Crippen molar-refractivity contribution in [3.63, 3.8) is 0 Å². The molecule has 0 spiro atoms. The van der Waals surface area contributed by atoms with E-state index in [0.29, 0.717) is 22.8 Å². The molecule has 7 heteroatoms. The van der Waals surface area contributed by atoms with E-state index in [4.69, 9.17) is 11.6 Å². The van der Waals surface area contributed by atoms with Crippen LogP contribution in [0.25, 0.3) is 0 Å². The molecule has 0 saturated heterocycles. The molecule has 24 heavy (non-hydrogen) atoms. The van der Waals surface area contributed by atoms with Crippen molar-refractivity contribution in [2.45, 2.75) is 33.4 Å². The second-order valence-corrected chi connectivity index (χ2v) is 6.38. The highest BCUT2D eigenvalue weighted by Gasteiger charge is 2.15. The molecule has 1 aromatic heterocycles. The van der Waals surface area contributed by atoms with Crippen molar-refractivity contribution in [3.05, 3.63) is 47.5 Å². The zero-order valence-electron chi connectivity index (χ0n) is 13.9. The average molecular weight is 349 g/mol. The van der Waals surface area contributed by atoms with Crippen molar-refractivity contribution in [3.8, 4) is 0 Å². The van der Waals surface area contributed by atoms with Gasteiger partial charge in [0.1, 0.15) is 0 Å². The van der Waals surface area contributed by atoms with Crippen LogP contribution in [-0.4, -0.2) is 27.4 Å². The Labute approximate surface area is 146 Å². The maximum Gasteiger partial charge on any atom is 0.253 e. The van der Waals surface area contributed by atoms with Gasteiger partial charge in [-0.05, 0) is 25.1 Å². The summed E-state index contributed by atoms with van der Waals surface area (Å²) in [6, 6.07) is 4.76. The van der Waals surface area contributed by atoms with E-state index in [1.807, 2.05) is 17.7 Å². The van der Waals surface area contributed by atoms with Gasteiger partial charge in [0, 0.05) is 36.6 Å². The fourth-order valence-corrected chi connectivity index (χ4v) is 2.33. The third-order valence-electron chi connectivity index (χ3n) is 3.42. The number of carbonyl (C=O) groups is 2. The van der Waals surface area contributed by atoms with E-state index in [0.717, 1.165) is 0 Å². The minimum absolute atomic E-state index is 0.100. The monoisotopic (exact) mass is 348 g/mol. The minimum atomic E-state index is -0.284. The lowest BCUT2D eigenvalue weighted by molar-refractivity contribution is -0.118. The lowest BCUT2D eigenvalue weighted by Gasteiger charge is -2.16. The summed E-state index contributed by atoms with van der Waals surface area (Å²) in [7, 11) is 0. The van der Waals surface area contributed by atoms with Crippen molar-refractivity contribution in [1.82, 2.24) is 14.9 Å². The Morgan fingerprint density at radius 2 is 2.04 bits per heavy atom. The van der Waals surface area contributed by atoms with Gasteiger partial charge in [0.25, 0.3) is 5.91 Å². The summed E-state index contributed by atoms with van der Waals surface area (Å²) < 4.78 is 1.88. The lowest BCUT2D eigenvalue weighted by atomic mass is 10.1. The third kappa shape index (κ3) is 4.83. The largest absolute Gasteiger partial charge is 0.348 e. The van der Waals surface area contributed by atoms with Crippen LogP contribution in [0.15, 0.2) is 36.9 Å². The van der Waals surface area contributed by atoms with Crippen LogP contribution in [0.2, 0.25) is 5.02 Å². The summed E-state index contributed by atoms with van der Waals surface area (Å²) in [6.45, 7) is 6.11. The number of nitrogens with zero attached hydrogens (tertiary/aromatic N) is 2. The molecule has 6 nitrogen and oxygen atoms in total. The zero-order chi connectivity index (χ0) is 17.7. The molecule has 1 aromatic carbocycles. The maximum absolute atomic E-state index is 12.4. The molecule has 1 heterocycles. The van der Waals surface area contributed by atoms with E-state index in [1.54, 1.807) is 44.6 Å². The maximum atomic E-state index is 12.4. The van der Waals surface area contributed by atoms with Crippen LogP contribution in [0.5, 0.6) is 0 Å². The Morgan fingerprint density at radius 1 is 1.29 bits per heavy atom. The number of nitrogens with one attached hydrogen (secondary N) is 2. The van der Waals surface area contributed by atoms with Gasteiger partial charge in [0.05, 0.1) is 16.9 Å². The number of hydrogen-bond donors (Lipinski definition) is 2. The standard InChI is InChI=1S/C17H21ClN4O2/c1-11(2)16(23)21-13-4-5-15(18)14(8-13)17(24)20-12(3)9-22-7-6-19-10-22/h4-8,10-12H,9H2,1-3H3,(H,20,24)(H,21,23). The van der Waals surface area contributed by atoms with Gasteiger partial charge in [0.2, 0.25) is 5.91 Å². The van der Waals surface area contributed by atoms with Gasteiger partial charge < -0.3 is 15.2 Å². The number of amides is 2. The first-order chi connectivity index (χ1) is 11.4. The Hall–Kier alpha value is -2.34. The predicted octanol–water partition coefficient (Wildman–Crippen LogP) is 2.95. The number of carbonyl (C=O) groups excluding carboxylic acids is 2. The normalized spacial score (nSPS) is 12.0. The first kappa shape index (κ1) is 18.0. The Morgan fingerprint density at radius 3 is 2.67 bits per heavy atom. The van der Waals surface area contributed by atoms with Crippen LogP contribution >= 0.6 is 11.6 Å². The summed E-state index contributed by atoms with van der Waals surface area (Å²) in [6.07, 6.45) is 5.21. The number of imidazole rings is 1. The first-order valence-corrected chi connectivity index (χ1v) is 8.11. The molecule has 2 rings (SSSR count). The van der Waals surface area contributed by atoms with Crippen LogP contribution in [0.4, 0.5) is 5.69 Å². The fourth-order valence-electron chi connectivity index (χ4n) is 2.12. The van der Waals surface area contributed by atoms with Gasteiger partial charge in [0.15, 0.2) is 0 Å². The van der Waals surface area contributed by atoms with Gasteiger partial charge in [-0.25, -0.2) is 4.98 Å². The number of hydrogen-bond acceptors (Lipinski definition) is 3. The smallest absolute Gasteiger partial charge is 0.253 e. The second kappa shape index (κ2) is 7.97. The highest BCUT2D eigenvalue weighted by atomic mass is 35.5. The van der Waals surface area contributed by atoms with Gasteiger partial charge in [-0.2, -0.15) is 0 Å². The summed E-state index contributed by atoms with van der Waals surface area (Å²) in [4.78, 5) is 28.2. The van der Waals surface area contributed by atoms with Crippen molar-refractivity contribution in [2.75, 3.05) is 5.32 Å². The minimum Gasteiger partial charge on any atom is -0.348 e. The molecule has 0 fully saturated rings. The fraction of sp³-hybridized carbons (Fsp3) is 0.353. The molecule has 128 valence electrons.